The summed E-state index contributed by atoms with van der Waals surface area (Å²) < 4.78 is 5.54. The molecule has 2 N–H and O–H groups in total. The third-order valence-corrected chi connectivity index (χ3v) is 2.89. The van der Waals surface area contributed by atoms with Gasteiger partial charge < -0.3 is 15.4 Å². The second-order valence-corrected chi connectivity index (χ2v) is 5.06. The zero-order valence-electron chi connectivity index (χ0n) is 11.6. The van der Waals surface area contributed by atoms with Crippen LogP contribution in [-0.4, -0.2) is 32.1 Å². The van der Waals surface area contributed by atoms with E-state index in [1.165, 1.54) is 0 Å². The zero-order chi connectivity index (χ0) is 14.3. The Morgan fingerprint density at radius 1 is 1.37 bits per heavy atom. The summed E-state index contributed by atoms with van der Waals surface area (Å²) in [6, 6.07) is 7.02. The predicted molar refractivity (Wildman–Crippen MR) is 77.6 cm³/mol. The molecule has 0 aromatic heterocycles. The highest BCUT2D eigenvalue weighted by Crippen LogP contribution is 2.18. The molecule has 5 heteroatoms. The van der Waals surface area contributed by atoms with Crippen LogP contribution in [0.25, 0.3) is 0 Å². The summed E-state index contributed by atoms with van der Waals surface area (Å²) in [6.45, 7) is 5.28. The Balaban J connectivity index is 2.40. The first kappa shape index (κ1) is 15.8. The third kappa shape index (κ3) is 5.94. The summed E-state index contributed by atoms with van der Waals surface area (Å²) in [5, 5.41) is 6.52. The maximum absolute atomic E-state index is 11.9. The molecule has 0 radical (unpaired) electrons. The zero-order valence-corrected chi connectivity index (χ0v) is 12.3. The monoisotopic (exact) mass is 284 g/mol. The van der Waals surface area contributed by atoms with Crippen LogP contribution in [0.15, 0.2) is 24.3 Å². The number of carbonyl (C=O) groups excluding carboxylic acids is 1. The van der Waals surface area contributed by atoms with Gasteiger partial charge in [0, 0.05) is 11.6 Å². The highest BCUT2D eigenvalue weighted by molar-refractivity contribution is 6.30. The van der Waals surface area contributed by atoms with Crippen molar-refractivity contribution in [3.05, 3.63) is 29.3 Å². The molecular weight excluding hydrogens is 264 g/mol. The number of rotatable bonds is 7. The average Bonchev–Trinajstić information content (AvgIpc) is 2.36. The molecule has 1 rings (SSSR count). The molecule has 106 valence electrons. The number of carbonyl (C=O) groups is 1. The number of benzene rings is 1. The van der Waals surface area contributed by atoms with Crippen LogP contribution in [0.2, 0.25) is 5.02 Å². The highest BCUT2D eigenvalue weighted by atomic mass is 35.5. The van der Waals surface area contributed by atoms with Crippen LogP contribution in [0, 0.1) is 5.92 Å². The Bertz CT molecular complexity index is 412. The summed E-state index contributed by atoms with van der Waals surface area (Å²) in [5.74, 6) is 0.855. The van der Waals surface area contributed by atoms with Crippen molar-refractivity contribution < 1.29 is 9.53 Å². The summed E-state index contributed by atoms with van der Waals surface area (Å²) in [6.07, 6.45) is -0.541. The van der Waals surface area contributed by atoms with E-state index in [1.54, 1.807) is 31.2 Å². The van der Waals surface area contributed by atoms with Crippen molar-refractivity contribution >= 4 is 17.5 Å². The topological polar surface area (TPSA) is 50.4 Å². The van der Waals surface area contributed by atoms with Crippen molar-refractivity contribution in [2.45, 2.75) is 20.0 Å². The molecule has 1 aromatic rings. The molecule has 0 saturated carbocycles. The van der Waals surface area contributed by atoms with E-state index in [1.807, 2.05) is 7.05 Å². The minimum Gasteiger partial charge on any atom is -0.481 e. The number of hydrogen-bond donors (Lipinski definition) is 2. The predicted octanol–water partition coefficient (Wildman–Crippen LogP) is 2.08. The van der Waals surface area contributed by atoms with E-state index >= 15 is 0 Å². The maximum Gasteiger partial charge on any atom is 0.260 e. The second-order valence-electron chi connectivity index (χ2n) is 4.63. The first-order chi connectivity index (χ1) is 9.02. The summed E-state index contributed by atoms with van der Waals surface area (Å²) in [4.78, 5) is 11.9. The standard InChI is InChI=1S/C14H21ClN2O2/c1-10(8-16-3)9-17-14(18)11(2)19-13-6-4-5-12(15)7-13/h4-7,10-11,16H,8-9H2,1-3H3,(H,17,18). The van der Waals surface area contributed by atoms with Crippen molar-refractivity contribution in [1.29, 1.82) is 0 Å². The molecule has 2 atom stereocenters. The molecular formula is C14H21ClN2O2. The van der Waals surface area contributed by atoms with Crippen LogP contribution in [0.3, 0.4) is 0 Å². The van der Waals surface area contributed by atoms with Crippen molar-refractivity contribution in [2.24, 2.45) is 5.92 Å². The van der Waals surface area contributed by atoms with Gasteiger partial charge in [-0.05, 0) is 44.6 Å². The molecule has 0 aliphatic carbocycles. The largest absolute Gasteiger partial charge is 0.481 e. The molecule has 1 aromatic carbocycles. The first-order valence-corrected chi connectivity index (χ1v) is 6.75. The van der Waals surface area contributed by atoms with E-state index in [0.717, 1.165) is 6.54 Å². The van der Waals surface area contributed by atoms with E-state index in [-0.39, 0.29) is 5.91 Å². The SMILES string of the molecule is CNCC(C)CNC(=O)C(C)Oc1cccc(Cl)c1. The van der Waals surface area contributed by atoms with Gasteiger partial charge in [-0.1, -0.05) is 24.6 Å². The lowest BCUT2D eigenvalue weighted by Crippen LogP contribution is -2.39. The molecule has 0 bridgehead atoms. The third-order valence-electron chi connectivity index (χ3n) is 2.66. The van der Waals surface area contributed by atoms with E-state index < -0.39 is 6.10 Å². The molecule has 0 fully saturated rings. The average molecular weight is 285 g/mol. The van der Waals surface area contributed by atoms with E-state index in [2.05, 4.69) is 17.6 Å². The van der Waals surface area contributed by atoms with E-state index in [9.17, 15) is 4.79 Å². The van der Waals surface area contributed by atoms with Crippen LogP contribution in [0.5, 0.6) is 5.75 Å². The maximum atomic E-state index is 11.9. The van der Waals surface area contributed by atoms with Gasteiger partial charge in [0.2, 0.25) is 0 Å². The van der Waals surface area contributed by atoms with Crippen LogP contribution >= 0.6 is 11.6 Å². The van der Waals surface area contributed by atoms with Gasteiger partial charge >= 0.3 is 0 Å². The minimum atomic E-state index is -0.541. The quantitative estimate of drug-likeness (QED) is 0.806. The van der Waals surface area contributed by atoms with Crippen molar-refractivity contribution in [3.63, 3.8) is 0 Å². The molecule has 0 saturated heterocycles. The number of hydrogen-bond acceptors (Lipinski definition) is 3. The van der Waals surface area contributed by atoms with Crippen LogP contribution in [0.1, 0.15) is 13.8 Å². The van der Waals surface area contributed by atoms with E-state index in [0.29, 0.717) is 23.2 Å². The van der Waals surface area contributed by atoms with Crippen LogP contribution < -0.4 is 15.4 Å². The first-order valence-electron chi connectivity index (χ1n) is 6.37. The normalized spacial score (nSPS) is 13.7. The van der Waals surface area contributed by atoms with Crippen LogP contribution in [-0.2, 0) is 4.79 Å². The Kier molecular flexibility index (Phi) is 6.67. The lowest BCUT2D eigenvalue weighted by Gasteiger charge is -2.17. The smallest absolute Gasteiger partial charge is 0.260 e. The van der Waals surface area contributed by atoms with Crippen molar-refractivity contribution in [3.8, 4) is 5.75 Å². The van der Waals surface area contributed by atoms with Gasteiger partial charge in [0.25, 0.3) is 5.91 Å². The number of amides is 1. The summed E-state index contributed by atoms with van der Waals surface area (Å²) >= 11 is 5.86. The molecule has 1 amide bonds. The summed E-state index contributed by atoms with van der Waals surface area (Å²) in [5.41, 5.74) is 0. The molecule has 19 heavy (non-hydrogen) atoms. The van der Waals surface area contributed by atoms with Gasteiger partial charge in [-0.3, -0.25) is 4.79 Å². The molecule has 2 unspecified atom stereocenters. The number of ether oxygens (including phenoxy) is 1. The fraction of sp³-hybridized carbons (Fsp3) is 0.500. The van der Waals surface area contributed by atoms with Gasteiger partial charge in [-0.15, -0.1) is 0 Å². The van der Waals surface area contributed by atoms with Gasteiger partial charge in [-0.2, -0.15) is 0 Å². The second kappa shape index (κ2) is 8.02. The van der Waals surface area contributed by atoms with Crippen LogP contribution in [0.4, 0.5) is 0 Å². The Morgan fingerprint density at radius 3 is 2.74 bits per heavy atom. The number of nitrogens with one attached hydrogen (secondary N) is 2. The fourth-order valence-electron chi connectivity index (χ4n) is 1.64. The minimum absolute atomic E-state index is 0.122. The Labute approximate surface area is 119 Å². The van der Waals surface area contributed by atoms with Gasteiger partial charge in [0.1, 0.15) is 5.75 Å². The summed E-state index contributed by atoms with van der Waals surface area (Å²) in [7, 11) is 1.89. The molecule has 0 aliphatic rings. The Hall–Kier alpha value is -1.26. The molecule has 0 heterocycles. The molecule has 0 spiro atoms. The molecule has 0 aliphatic heterocycles. The van der Waals surface area contributed by atoms with Gasteiger partial charge in [0.15, 0.2) is 6.10 Å². The molecule has 4 nitrogen and oxygen atoms in total. The number of halogens is 1. The van der Waals surface area contributed by atoms with E-state index in [4.69, 9.17) is 16.3 Å². The highest BCUT2D eigenvalue weighted by Gasteiger charge is 2.15. The lowest BCUT2D eigenvalue weighted by molar-refractivity contribution is -0.127. The van der Waals surface area contributed by atoms with Crippen molar-refractivity contribution in [1.82, 2.24) is 10.6 Å². The van der Waals surface area contributed by atoms with Crippen molar-refractivity contribution in [2.75, 3.05) is 20.1 Å². The van der Waals surface area contributed by atoms with Gasteiger partial charge in [-0.25, -0.2) is 0 Å². The van der Waals surface area contributed by atoms with Gasteiger partial charge in [0.05, 0.1) is 0 Å². The Morgan fingerprint density at radius 2 is 2.11 bits per heavy atom. The lowest BCUT2D eigenvalue weighted by atomic mass is 10.2. The fourth-order valence-corrected chi connectivity index (χ4v) is 1.82.